The molecule has 0 saturated carbocycles. The van der Waals surface area contributed by atoms with Crippen molar-refractivity contribution in [3.8, 4) is 0 Å². The fourth-order valence-corrected chi connectivity index (χ4v) is 2.33. The van der Waals surface area contributed by atoms with Gasteiger partial charge in [0.25, 0.3) is 0 Å². The summed E-state index contributed by atoms with van der Waals surface area (Å²) in [6.07, 6.45) is 0.869. The standard InChI is InChI=1S/C14H13BrIN/c15-12-5-1-10(2-6-12)9-14(17)11-3-7-13(16)8-4-11/h1-8,14H,9,17H2. The van der Waals surface area contributed by atoms with Gasteiger partial charge >= 0.3 is 0 Å². The monoisotopic (exact) mass is 401 g/mol. The van der Waals surface area contributed by atoms with E-state index in [1.807, 2.05) is 0 Å². The average molecular weight is 402 g/mol. The molecular formula is C14H13BrIN. The molecule has 1 nitrogen and oxygen atoms in total. The van der Waals surface area contributed by atoms with Crippen molar-refractivity contribution in [3.63, 3.8) is 0 Å². The van der Waals surface area contributed by atoms with E-state index in [0.29, 0.717) is 0 Å². The zero-order chi connectivity index (χ0) is 12.3. The van der Waals surface area contributed by atoms with Gasteiger partial charge < -0.3 is 5.73 Å². The Balaban J connectivity index is 2.08. The van der Waals surface area contributed by atoms with Gasteiger partial charge in [-0.2, -0.15) is 0 Å². The molecule has 2 aromatic carbocycles. The largest absolute Gasteiger partial charge is 0.324 e. The Morgan fingerprint density at radius 3 is 2.18 bits per heavy atom. The first-order valence-corrected chi connectivity index (χ1v) is 7.28. The van der Waals surface area contributed by atoms with Crippen molar-refractivity contribution in [2.45, 2.75) is 12.5 Å². The number of hydrogen-bond acceptors (Lipinski definition) is 1. The zero-order valence-corrected chi connectivity index (χ0v) is 13.0. The van der Waals surface area contributed by atoms with E-state index >= 15 is 0 Å². The molecule has 88 valence electrons. The minimum Gasteiger partial charge on any atom is -0.324 e. The summed E-state index contributed by atoms with van der Waals surface area (Å²) in [6, 6.07) is 16.8. The second-order valence-electron chi connectivity index (χ2n) is 3.99. The molecule has 2 aromatic rings. The minimum atomic E-state index is 0.0631. The Bertz CT molecular complexity index is 479. The van der Waals surface area contributed by atoms with Gasteiger partial charge in [0.05, 0.1) is 0 Å². The van der Waals surface area contributed by atoms with Gasteiger partial charge in [-0.05, 0) is 64.4 Å². The molecule has 1 atom stereocenters. The van der Waals surface area contributed by atoms with Crippen LogP contribution in [0.5, 0.6) is 0 Å². The van der Waals surface area contributed by atoms with Crippen LogP contribution in [0.15, 0.2) is 53.0 Å². The third kappa shape index (κ3) is 3.79. The van der Waals surface area contributed by atoms with Crippen molar-refractivity contribution >= 4 is 38.5 Å². The second-order valence-corrected chi connectivity index (χ2v) is 6.15. The van der Waals surface area contributed by atoms with Crippen molar-refractivity contribution in [1.82, 2.24) is 0 Å². The van der Waals surface area contributed by atoms with Gasteiger partial charge in [0.15, 0.2) is 0 Å². The van der Waals surface area contributed by atoms with Gasteiger partial charge in [0.2, 0.25) is 0 Å². The van der Waals surface area contributed by atoms with Crippen LogP contribution < -0.4 is 5.73 Å². The van der Waals surface area contributed by atoms with E-state index in [0.717, 1.165) is 10.9 Å². The summed E-state index contributed by atoms with van der Waals surface area (Å²) in [4.78, 5) is 0. The Hall–Kier alpha value is -0.390. The van der Waals surface area contributed by atoms with Crippen molar-refractivity contribution in [3.05, 3.63) is 67.7 Å². The lowest BCUT2D eigenvalue weighted by Gasteiger charge is -2.12. The highest BCUT2D eigenvalue weighted by molar-refractivity contribution is 14.1. The van der Waals surface area contributed by atoms with Crippen molar-refractivity contribution in [1.29, 1.82) is 0 Å². The molecule has 0 aliphatic heterocycles. The molecule has 0 bridgehead atoms. The molecule has 0 saturated heterocycles. The molecule has 0 heterocycles. The molecular weight excluding hydrogens is 389 g/mol. The normalized spacial score (nSPS) is 12.4. The SMILES string of the molecule is NC(Cc1ccc(Br)cc1)c1ccc(I)cc1. The van der Waals surface area contributed by atoms with E-state index < -0.39 is 0 Å². The quantitative estimate of drug-likeness (QED) is 0.762. The molecule has 1 unspecified atom stereocenters. The number of halogens is 2. The summed E-state index contributed by atoms with van der Waals surface area (Å²) in [5, 5.41) is 0. The molecule has 3 heteroatoms. The van der Waals surface area contributed by atoms with Gasteiger partial charge in [0.1, 0.15) is 0 Å². The average Bonchev–Trinajstić information content (AvgIpc) is 2.33. The summed E-state index contributed by atoms with van der Waals surface area (Å²) in [5.41, 5.74) is 8.65. The van der Waals surface area contributed by atoms with E-state index in [9.17, 15) is 0 Å². The third-order valence-electron chi connectivity index (χ3n) is 2.67. The fourth-order valence-electron chi connectivity index (χ4n) is 1.70. The van der Waals surface area contributed by atoms with Crippen LogP contribution in [0.2, 0.25) is 0 Å². The van der Waals surface area contributed by atoms with Crippen molar-refractivity contribution in [2.75, 3.05) is 0 Å². The predicted molar refractivity (Wildman–Crippen MR) is 83.9 cm³/mol. The Morgan fingerprint density at radius 1 is 1.00 bits per heavy atom. The maximum atomic E-state index is 6.20. The molecule has 0 spiro atoms. The summed E-state index contributed by atoms with van der Waals surface area (Å²) >= 11 is 5.73. The highest BCUT2D eigenvalue weighted by Gasteiger charge is 2.06. The van der Waals surface area contributed by atoms with E-state index in [2.05, 4.69) is 87.1 Å². The minimum absolute atomic E-state index is 0.0631. The molecule has 0 aliphatic rings. The molecule has 0 amide bonds. The lowest BCUT2D eigenvalue weighted by Crippen LogP contribution is -2.13. The fraction of sp³-hybridized carbons (Fsp3) is 0.143. The predicted octanol–water partition coefficient (Wildman–Crippen LogP) is 4.30. The maximum absolute atomic E-state index is 6.20. The van der Waals surface area contributed by atoms with Crippen LogP contribution >= 0.6 is 38.5 Å². The summed E-state index contributed by atoms with van der Waals surface area (Å²) in [6.45, 7) is 0. The van der Waals surface area contributed by atoms with Crippen LogP contribution in [-0.2, 0) is 6.42 Å². The van der Waals surface area contributed by atoms with Crippen molar-refractivity contribution < 1.29 is 0 Å². The van der Waals surface area contributed by atoms with Gasteiger partial charge in [-0.3, -0.25) is 0 Å². The maximum Gasteiger partial charge on any atom is 0.0335 e. The van der Waals surface area contributed by atoms with Gasteiger partial charge in [-0.1, -0.05) is 40.2 Å². The molecule has 0 radical (unpaired) electrons. The Kier molecular flexibility index (Phi) is 4.59. The van der Waals surface area contributed by atoms with Crippen LogP contribution in [0, 0.1) is 3.57 Å². The van der Waals surface area contributed by atoms with E-state index in [1.54, 1.807) is 0 Å². The van der Waals surface area contributed by atoms with Crippen LogP contribution in [-0.4, -0.2) is 0 Å². The topological polar surface area (TPSA) is 26.0 Å². The molecule has 17 heavy (non-hydrogen) atoms. The van der Waals surface area contributed by atoms with Crippen LogP contribution in [0.1, 0.15) is 17.2 Å². The van der Waals surface area contributed by atoms with E-state index in [-0.39, 0.29) is 6.04 Å². The first-order valence-electron chi connectivity index (χ1n) is 5.40. The lowest BCUT2D eigenvalue weighted by atomic mass is 10.00. The van der Waals surface area contributed by atoms with Crippen molar-refractivity contribution in [2.24, 2.45) is 5.73 Å². The number of rotatable bonds is 3. The number of nitrogens with two attached hydrogens (primary N) is 1. The smallest absolute Gasteiger partial charge is 0.0335 e. The third-order valence-corrected chi connectivity index (χ3v) is 3.91. The van der Waals surface area contributed by atoms with Crippen LogP contribution in [0.3, 0.4) is 0 Å². The molecule has 0 aromatic heterocycles. The highest BCUT2D eigenvalue weighted by atomic mass is 127. The van der Waals surface area contributed by atoms with Crippen LogP contribution in [0.4, 0.5) is 0 Å². The van der Waals surface area contributed by atoms with Gasteiger partial charge in [-0.15, -0.1) is 0 Å². The highest BCUT2D eigenvalue weighted by Crippen LogP contribution is 2.19. The zero-order valence-electron chi connectivity index (χ0n) is 9.24. The molecule has 0 fully saturated rings. The Labute approximate surface area is 124 Å². The van der Waals surface area contributed by atoms with Crippen LogP contribution in [0.25, 0.3) is 0 Å². The van der Waals surface area contributed by atoms with Gasteiger partial charge in [0, 0.05) is 14.1 Å². The number of hydrogen-bond donors (Lipinski definition) is 1. The Morgan fingerprint density at radius 2 is 1.59 bits per heavy atom. The molecule has 2 N–H and O–H groups in total. The van der Waals surface area contributed by atoms with E-state index in [1.165, 1.54) is 14.7 Å². The van der Waals surface area contributed by atoms with Gasteiger partial charge in [-0.25, -0.2) is 0 Å². The second kappa shape index (κ2) is 5.98. The first-order chi connectivity index (χ1) is 8.15. The molecule has 2 rings (SSSR count). The summed E-state index contributed by atoms with van der Waals surface area (Å²) in [7, 11) is 0. The lowest BCUT2D eigenvalue weighted by molar-refractivity contribution is 0.722. The molecule has 0 aliphatic carbocycles. The van der Waals surface area contributed by atoms with E-state index in [4.69, 9.17) is 5.73 Å². The summed E-state index contributed by atoms with van der Waals surface area (Å²) < 4.78 is 2.34. The first kappa shape index (κ1) is 13.1. The number of benzene rings is 2. The summed E-state index contributed by atoms with van der Waals surface area (Å²) in [5.74, 6) is 0.